The van der Waals surface area contributed by atoms with Crippen LogP contribution in [0.15, 0.2) is 36.4 Å². The first-order chi connectivity index (χ1) is 14.0. The largest absolute Gasteiger partial charge is 0.484 e. The van der Waals surface area contributed by atoms with Crippen LogP contribution in [0, 0.1) is 6.92 Å². The van der Waals surface area contributed by atoms with Gasteiger partial charge in [0.25, 0.3) is 5.91 Å². The third kappa shape index (κ3) is 4.67. The molecule has 0 bridgehead atoms. The second kappa shape index (κ2) is 8.88. The van der Waals surface area contributed by atoms with Crippen LogP contribution in [0.3, 0.4) is 0 Å². The molecule has 152 valence electrons. The molecule has 1 aliphatic heterocycles. The standard InChI is InChI=1S/C21H20Cl2N2O3S/c1-13-17(23)8-9-18-20(13)24-21(29-18)25(11-16-3-2-10-27-16)19(26)12-28-15-6-4-14(22)5-7-15/h4-9,16H,2-3,10-12H2,1H3. The van der Waals surface area contributed by atoms with Crippen molar-refractivity contribution in [3.63, 3.8) is 0 Å². The number of hydrogen-bond acceptors (Lipinski definition) is 5. The minimum atomic E-state index is -0.168. The van der Waals surface area contributed by atoms with E-state index < -0.39 is 0 Å². The Kier molecular flexibility index (Phi) is 6.25. The Bertz CT molecular complexity index is 1020. The summed E-state index contributed by atoms with van der Waals surface area (Å²) in [5.74, 6) is 0.421. The van der Waals surface area contributed by atoms with Crippen LogP contribution in [0.25, 0.3) is 10.2 Å². The third-order valence-corrected chi connectivity index (χ3v) is 6.56. The number of thiazole rings is 1. The number of carbonyl (C=O) groups excluding carboxylic acids is 1. The SMILES string of the molecule is Cc1c(Cl)ccc2sc(N(CC3CCCO3)C(=O)COc3ccc(Cl)cc3)nc12. The number of aromatic nitrogens is 1. The van der Waals surface area contributed by atoms with Crippen LogP contribution in [0.2, 0.25) is 10.0 Å². The van der Waals surface area contributed by atoms with Gasteiger partial charge in [-0.2, -0.15) is 0 Å². The van der Waals surface area contributed by atoms with Gasteiger partial charge in [0, 0.05) is 16.7 Å². The van der Waals surface area contributed by atoms with Gasteiger partial charge in [-0.1, -0.05) is 34.5 Å². The molecule has 2 heterocycles. The lowest BCUT2D eigenvalue weighted by molar-refractivity contribution is -0.120. The topological polar surface area (TPSA) is 51.7 Å². The van der Waals surface area contributed by atoms with Crippen molar-refractivity contribution in [2.24, 2.45) is 0 Å². The van der Waals surface area contributed by atoms with Gasteiger partial charge in [0.05, 0.1) is 22.9 Å². The predicted octanol–water partition coefficient (Wildman–Crippen LogP) is 5.50. The lowest BCUT2D eigenvalue weighted by Crippen LogP contribution is -2.40. The van der Waals surface area contributed by atoms with Gasteiger partial charge in [0.2, 0.25) is 0 Å². The number of anilines is 1. The van der Waals surface area contributed by atoms with Crippen molar-refractivity contribution in [3.8, 4) is 5.75 Å². The maximum atomic E-state index is 13.1. The fourth-order valence-electron chi connectivity index (χ4n) is 3.24. The quantitative estimate of drug-likeness (QED) is 0.497. The van der Waals surface area contributed by atoms with E-state index in [0.29, 0.717) is 27.5 Å². The van der Waals surface area contributed by atoms with Crippen molar-refractivity contribution >= 4 is 55.8 Å². The Balaban J connectivity index is 1.57. The van der Waals surface area contributed by atoms with Crippen molar-refractivity contribution in [2.75, 3.05) is 24.7 Å². The number of halogens is 2. The van der Waals surface area contributed by atoms with E-state index in [-0.39, 0.29) is 18.6 Å². The van der Waals surface area contributed by atoms with Gasteiger partial charge in [0.15, 0.2) is 11.7 Å². The van der Waals surface area contributed by atoms with Crippen molar-refractivity contribution < 1.29 is 14.3 Å². The molecule has 0 aliphatic carbocycles. The summed E-state index contributed by atoms with van der Waals surface area (Å²) in [6.07, 6.45) is 1.94. The molecular weight excluding hydrogens is 431 g/mol. The van der Waals surface area contributed by atoms with E-state index in [0.717, 1.165) is 35.2 Å². The highest BCUT2D eigenvalue weighted by molar-refractivity contribution is 7.22. The zero-order valence-corrected chi connectivity index (χ0v) is 18.2. The molecular formula is C21H20Cl2N2O3S. The number of benzene rings is 2. The molecule has 29 heavy (non-hydrogen) atoms. The molecule has 8 heteroatoms. The van der Waals surface area contributed by atoms with Crippen LogP contribution >= 0.6 is 34.5 Å². The zero-order chi connectivity index (χ0) is 20.4. The van der Waals surface area contributed by atoms with E-state index >= 15 is 0 Å². The molecule has 1 aromatic heterocycles. The third-order valence-electron chi connectivity index (χ3n) is 4.85. The van der Waals surface area contributed by atoms with Gasteiger partial charge in [-0.25, -0.2) is 4.98 Å². The molecule has 1 atom stereocenters. The highest BCUT2D eigenvalue weighted by Crippen LogP contribution is 2.34. The molecule has 2 aromatic carbocycles. The molecule has 1 unspecified atom stereocenters. The molecule has 0 N–H and O–H groups in total. The number of rotatable bonds is 6. The average molecular weight is 451 g/mol. The van der Waals surface area contributed by atoms with Gasteiger partial charge in [-0.15, -0.1) is 0 Å². The molecule has 1 aliphatic rings. The first kappa shape index (κ1) is 20.4. The van der Waals surface area contributed by atoms with Crippen LogP contribution in [0.5, 0.6) is 5.75 Å². The number of nitrogens with zero attached hydrogens (tertiary/aromatic N) is 2. The Hall–Kier alpha value is -1.86. The van der Waals surface area contributed by atoms with Gasteiger partial charge in [-0.05, 0) is 61.7 Å². The molecule has 3 aromatic rings. The Morgan fingerprint density at radius 3 is 2.79 bits per heavy atom. The van der Waals surface area contributed by atoms with Crippen LogP contribution in [-0.4, -0.2) is 36.8 Å². The van der Waals surface area contributed by atoms with Crippen molar-refractivity contribution in [1.82, 2.24) is 4.98 Å². The summed E-state index contributed by atoms with van der Waals surface area (Å²) in [7, 11) is 0. The summed E-state index contributed by atoms with van der Waals surface area (Å²) >= 11 is 13.6. The summed E-state index contributed by atoms with van der Waals surface area (Å²) in [4.78, 5) is 19.4. The lowest BCUT2D eigenvalue weighted by Gasteiger charge is -2.23. The number of carbonyl (C=O) groups is 1. The fourth-order valence-corrected chi connectivity index (χ4v) is 4.57. The summed E-state index contributed by atoms with van der Waals surface area (Å²) in [6, 6.07) is 10.7. The first-order valence-electron chi connectivity index (χ1n) is 9.37. The number of ether oxygens (including phenoxy) is 2. The first-order valence-corrected chi connectivity index (χ1v) is 10.9. The van der Waals surface area contributed by atoms with Crippen LogP contribution in [0.1, 0.15) is 18.4 Å². The molecule has 1 amide bonds. The van der Waals surface area contributed by atoms with E-state index in [9.17, 15) is 4.79 Å². The number of aryl methyl sites for hydroxylation is 1. The normalized spacial score (nSPS) is 16.3. The van der Waals surface area contributed by atoms with E-state index in [1.165, 1.54) is 11.3 Å². The van der Waals surface area contributed by atoms with Crippen molar-refractivity contribution in [2.45, 2.75) is 25.9 Å². The van der Waals surface area contributed by atoms with Gasteiger partial charge in [-0.3, -0.25) is 9.69 Å². The lowest BCUT2D eigenvalue weighted by atomic mass is 10.2. The Morgan fingerprint density at radius 1 is 1.28 bits per heavy atom. The predicted molar refractivity (Wildman–Crippen MR) is 118 cm³/mol. The minimum Gasteiger partial charge on any atom is -0.484 e. The molecule has 0 saturated carbocycles. The van der Waals surface area contributed by atoms with Gasteiger partial charge < -0.3 is 9.47 Å². The monoisotopic (exact) mass is 450 g/mol. The van der Waals surface area contributed by atoms with Gasteiger partial charge in [0.1, 0.15) is 5.75 Å². The van der Waals surface area contributed by atoms with E-state index in [1.54, 1.807) is 29.2 Å². The number of hydrogen-bond donors (Lipinski definition) is 0. The van der Waals surface area contributed by atoms with Crippen molar-refractivity contribution in [3.05, 3.63) is 52.0 Å². The molecule has 4 rings (SSSR count). The van der Waals surface area contributed by atoms with Crippen LogP contribution in [0.4, 0.5) is 5.13 Å². The summed E-state index contributed by atoms with van der Waals surface area (Å²) in [5, 5.41) is 1.91. The number of fused-ring (bicyclic) bond motifs is 1. The maximum Gasteiger partial charge on any atom is 0.266 e. The van der Waals surface area contributed by atoms with E-state index in [1.807, 2.05) is 19.1 Å². The second-order valence-electron chi connectivity index (χ2n) is 6.90. The van der Waals surface area contributed by atoms with Gasteiger partial charge >= 0.3 is 0 Å². The summed E-state index contributed by atoms with van der Waals surface area (Å²) in [6.45, 7) is 3.02. The summed E-state index contributed by atoms with van der Waals surface area (Å²) < 4.78 is 12.4. The Morgan fingerprint density at radius 2 is 2.07 bits per heavy atom. The molecule has 0 spiro atoms. The highest BCUT2D eigenvalue weighted by Gasteiger charge is 2.27. The number of amides is 1. The minimum absolute atomic E-state index is 0.00572. The fraction of sp³-hybridized carbons (Fsp3) is 0.333. The summed E-state index contributed by atoms with van der Waals surface area (Å²) in [5.41, 5.74) is 1.73. The van der Waals surface area contributed by atoms with E-state index in [2.05, 4.69) is 0 Å². The second-order valence-corrected chi connectivity index (χ2v) is 8.75. The zero-order valence-electron chi connectivity index (χ0n) is 15.9. The molecule has 5 nitrogen and oxygen atoms in total. The highest BCUT2D eigenvalue weighted by atomic mass is 35.5. The Labute approximate surface area is 183 Å². The van der Waals surface area contributed by atoms with Crippen LogP contribution < -0.4 is 9.64 Å². The molecule has 1 fully saturated rings. The molecule has 1 saturated heterocycles. The molecule has 0 radical (unpaired) electrons. The smallest absolute Gasteiger partial charge is 0.266 e. The van der Waals surface area contributed by atoms with Crippen molar-refractivity contribution in [1.29, 1.82) is 0 Å². The van der Waals surface area contributed by atoms with E-state index in [4.69, 9.17) is 37.7 Å². The van der Waals surface area contributed by atoms with Crippen LogP contribution in [-0.2, 0) is 9.53 Å². The maximum absolute atomic E-state index is 13.1. The average Bonchev–Trinajstić information content (AvgIpc) is 3.38.